The zero-order valence-electron chi connectivity index (χ0n) is 18.0. The van der Waals surface area contributed by atoms with Gasteiger partial charge in [0.1, 0.15) is 22.8 Å². The molecule has 1 heterocycles. The van der Waals surface area contributed by atoms with Crippen molar-refractivity contribution in [2.24, 2.45) is 0 Å². The Morgan fingerprint density at radius 2 is 1.90 bits per heavy atom. The van der Waals surface area contributed by atoms with Crippen molar-refractivity contribution in [2.45, 2.75) is 45.9 Å². The van der Waals surface area contributed by atoms with Crippen LogP contribution in [0.25, 0.3) is 0 Å². The molecule has 0 aromatic heterocycles. The summed E-state index contributed by atoms with van der Waals surface area (Å²) in [5.41, 5.74) is 1.76. The number of hydrogen-bond acceptors (Lipinski definition) is 5. The molecule has 1 N–H and O–H groups in total. The molecule has 0 unspecified atom stereocenters. The number of hydrogen-bond donors (Lipinski definition) is 1. The van der Waals surface area contributed by atoms with E-state index in [1.165, 1.54) is 14.2 Å². The number of anilines is 1. The SMILES string of the molecule is CC[C@H](C)N1Cc2cc(NC(=O)c3c(OC)cccc3OC)ccc2O[C@@H](C)C1=O. The average Bonchev–Trinajstić information content (AvgIpc) is 2.88. The van der Waals surface area contributed by atoms with Gasteiger partial charge in [0.15, 0.2) is 6.10 Å². The predicted octanol–water partition coefficient (Wildman–Crippen LogP) is 3.86. The number of amides is 2. The third kappa shape index (κ3) is 4.20. The summed E-state index contributed by atoms with van der Waals surface area (Å²) >= 11 is 0. The topological polar surface area (TPSA) is 77.1 Å². The molecular formula is C23H28N2O5. The Kier molecular flexibility index (Phi) is 6.50. The molecule has 30 heavy (non-hydrogen) atoms. The zero-order valence-corrected chi connectivity index (χ0v) is 18.0. The first-order valence-electron chi connectivity index (χ1n) is 10.0. The average molecular weight is 412 g/mol. The van der Waals surface area contributed by atoms with E-state index in [4.69, 9.17) is 14.2 Å². The molecular weight excluding hydrogens is 384 g/mol. The molecule has 0 bridgehead atoms. The molecule has 0 radical (unpaired) electrons. The Balaban J connectivity index is 1.91. The van der Waals surface area contributed by atoms with Crippen molar-refractivity contribution < 1.29 is 23.8 Å². The predicted molar refractivity (Wildman–Crippen MR) is 114 cm³/mol. The van der Waals surface area contributed by atoms with E-state index in [0.717, 1.165) is 12.0 Å². The summed E-state index contributed by atoms with van der Waals surface area (Å²) < 4.78 is 16.5. The molecule has 7 nitrogen and oxygen atoms in total. The van der Waals surface area contributed by atoms with Crippen LogP contribution in [-0.2, 0) is 11.3 Å². The van der Waals surface area contributed by atoms with Crippen LogP contribution in [0.15, 0.2) is 36.4 Å². The highest BCUT2D eigenvalue weighted by atomic mass is 16.5. The number of fused-ring (bicyclic) bond motifs is 1. The molecule has 0 spiro atoms. The first-order valence-corrected chi connectivity index (χ1v) is 10.0. The molecule has 0 fully saturated rings. The van der Waals surface area contributed by atoms with Crippen molar-refractivity contribution in [3.8, 4) is 17.2 Å². The Labute approximate surface area is 176 Å². The van der Waals surface area contributed by atoms with E-state index in [-0.39, 0.29) is 17.9 Å². The van der Waals surface area contributed by atoms with Crippen LogP contribution in [0.1, 0.15) is 43.1 Å². The molecule has 2 atom stereocenters. The largest absolute Gasteiger partial charge is 0.496 e. The second-order valence-electron chi connectivity index (χ2n) is 7.30. The zero-order chi connectivity index (χ0) is 21.8. The lowest BCUT2D eigenvalue weighted by Crippen LogP contribution is -2.42. The number of carbonyl (C=O) groups excluding carboxylic acids is 2. The van der Waals surface area contributed by atoms with E-state index in [9.17, 15) is 9.59 Å². The van der Waals surface area contributed by atoms with E-state index < -0.39 is 6.10 Å². The summed E-state index contributed by atoms with van der Waals surface area (Å²) in [6, 6.07) is 10.7. The molecule has 1 aliphatic heterocycles. The third-order valence-corrected chi connectivity index (χ3v) is 5.37. The molecule has 7 heteroatoms. The fourth-order valence-electron chi connectivity index (χ4n) is 3.49. The van der Waals surface area contributed by atoms with Crippen molar-refractivity contribution in [2.75, 3.05) is 19.5 Å². The highest BCUT2D eigenvalue weighted by Crippen LogP contribution is 2.32. The lowest BCUT2D eigenvalue weighted by atomic mass is 10.1. The third-order valence-electron chi connectivity index (χ3n) is 5.37. The summed E-state index contributed by atoms with van der Waals surface area (Å²) in [6.07, 6.45) is 0.288. The normalized spacial score (nSPS) is 16.8. The maximum Gasteiger partial charge on any atom is 0.263 e. The van der Waals surface area contributed by atoms with Crippen LogP contribution >= 0.6 is 0 Å². The smallest absolute Gasteiger partial charge is 0.263 e. The fourth-order valence-corrected chi connectivity index (χ4v) is 3.49. The molecule has 2 aromatic rings. The van der Waals surface area contributed by atoms with Gasteiger partial charge in [0, 0.05) is 23.8 Å². The quantitative estimate of drug-likeness (QED) is 0.780. The van der Waals surface area contributed by atoms with Crippen LogP contribution in [0.4, 0.5) is 5.69 Å². The van der Waals surface area contributed by atoms with Crippen LogP contribution < -0.4 is 19.5 Å². The van der Waals surface area contributed by atoms with Crippen molar-refractivity contribution in [3.05, 3.63) is 47.5 Å². The van der Waals surface area contributed by atoms with E-state index in [0.29, 0.717) is 35.0 Å². The number of rotatable bonds is 6. The minimum Gasteiger partial charge on any atom is -0.496 e. The summed E-state index contributed by atoms with van der Waals surface area (Å²) in [6.45, 7) is 6.26. The highest BCUT2D eigenvalue weighted by molar-refractivity contribution is 6.08. The molecule has 3 rings (SSSR count). The fraction of sp³-hybridized carbons (Fsp3) is 0.391. The minimum atomic E-state index is -0.557. The summed E-state index contributed by atoms with van der Waals surface area (Å²) in [5.74, 6) is 1.11. The van der Waals surface area contributed by atoms with Crippen LogP contribution in [-0.4, -0.2) is 43.1 Å². The van der Waals surface area contributed by atoms with E-state index >= 15 is 0 Å². The van der Waals surface area contributed by atoms with Crippen molar-refractivity contribution in [1.82, 2.24) is 4.90 Å². The summed E-state index contributed by atoms with van der Waals surface area (Å²) in [5, 5.41) is 2.90. The van der Waals surface area contributed by atoms with Gasteiger partial charge in [-0.2, -0.15) is 0 Å². The Morgan fingerprint density at radius 1 is 1.23 bits per heavy atom. The summed E-state index contributed by atoms with van der Waals surface area (Å²) in [4.78, 5) is 27.5. The van der Waals surface area contributed by atoms with Crippen molar-refractivity contribution in [3.63, 3.8) is 0 Å². The molecule has 1 aliphatic rings. The van der Waals surface area contributed by atoms with Gasteiger partial charge in [-0.25, -0.2) is 0 Å². The van der Waals surface area contributed by atoms with Crippen LogP contribution in [0, 0.1) is 0 Å². The lowest BCUT2D eigenvalue weighted by molar-refractivity contribution is -0.139. The second-order valence-corrected chi connectivity index (χ2v) is 7.30. The highest BCUT2D eigenvalue weighted by Gasteiger charge is 2.30. The maximum absolute atomic E-state index is 13.0. The van der Waals surface area contributed by atoms with Gasteiger partial charge in [0.2, 0.25) is 0 Å². The monoisotopic (exact) mass is 412 g/mol. The van der Waals surface area contributed by atoms with Crippen LogP contribution in [0.5, 0.6) is 17.2 Å². The minimum absolute atomic E-state index is 0.0371. The number of benzene rings is 2. The Hall–Kier alpha value is -3.22. The number of methoxy groups -OCH3 is 2. The number of nitrogens with one attached hydrogen (secondary N) is 1. The van der Waals surface area contributed by atoms with Gasteiger partial charge in [-0.05, 0) is 50.6 Å². The van der Waals surface area contributed by atoms with Gasteiger partial charge in [-0.1, -0.05) is 13.0 Å². The molecule has 160 valence electrons. The second kappa shape index (κ2) is 9.07. The lowest BCUT2D eigenvalue weighted by Gasteiger charge is -2.28. The van der Waals surface area contributed by atoms with E-state index in [1.807, 2.05) is 24.8 Å². The Bertz CT molecular complexity index is 921. The van der Waals surface area contributed by atoms with E-state index in [1.54, 1.807) is 37.3 Å². The summed E-state index contributed by atoms with van der Waals surface area (Å²) in [7, 11) is 3.01. The Morgan fingerprint density at radius 3 is 2.50 bits per heavy atom. The number of ether oxygens (including phenoxy) is 3. The van der Waals surface area contributed by atoms with Crippen LogP contribution in [0.2, 0.25) is 0 Å². The number of nitrogens with zero attached hydrogens (tertiary/aromatic N) is 1. The van der Waals surface area contributed by atoms with Gasteiger partial charge >= 0.3 is 0 Å². The molecule has 2 aromatic carbocycles. The molecule has 0 saturated carbocycles. The van der Waals surface area contributed by atoms with E-state index in [2.05, 4.69) is 5.32 Å². The first-order chi connectivity index (χ1) is 14.4. The molecule has 0 aliphatic carbocycles. The molecule has 2 amide bonds. The first kappa shape index (κ1) is 21.5. The van der Waals surface area contributed by atoms with Gasteiger partial charge < -0.3 is 24.4 Å². The molecule has 0 saturated heterocycles. The number of carbonyl (C=O) groups is 2. The maximum atomic E-state index is 13.0. The van der Waals surface area contributed by atoms with Crippen molar-refractivity contribution in [1.29, 1.82) is 0 Å². The van der Waals surface area contributed by atoms with Gasteiger partial charge in [-0.3, -0.25) is 9.59 Å². The van der Waals surface area contributed by atoms with Crippen molar-refractivity contribution >= 4 is 17.5 Å². The van der Waals surface area contributed by atoms with Gasteiger partial charge in [0.05, 0.1) is 14.2 Å². The van der Waals surface area contributed by atoms with Crippen LogP contribution in [0.3, 0.4) is 0 Å². The standard InChI is InChI=1S/C23H28N2O5/c1-6-14(2)25-13-16-12-17(10-11-18(16)30-15(3)23(25)27)24-22(26)21-19(28-4)8-7-9-20(21)29-5/h7-12,14-15H,6,13H2,1-5H3,(H,24,26)/t14-,15-/m0/s1. The van der Waals surface area contributed by atoms with Gasteiger partial charge in [-0.15, -0.1) is 0 Å². The van der Waals surface area contributed by atoms with Gasteiger partial charge in [0.25, 0.3) is 11.8 Å².